The second-order valence-electron chi connectivity index (χ2n) is 5.48. The Balaban J connectivity index is 2.38. The molecule has 0 amide bonds. The van der Waals surface area contributed by atoms with Gasteiger partial charge in [-0.15, -0.1) is 0 Å². The van der Waals surface area contributed by atoms with E-state index < -0.39 is 52.6 Å². The maximum atomic E-state index is 12.5. The number of aromatic carboxylic acids is 2. The minimum absolute atomic E-state index is 0.0254. The molecule has 0 unspecified atom stereocenters. The molecule has 0 atom stereocenters. The van der Waals surface area contributed by atoms with Gasteiger partial charge in [0.15, 0.2) is 11.2 Å². The molecule has 0 saturated heterocycles. The SMILES string of the molecule is O=C(C1=CCC(C(=O)O)(C(=O)O)C=C1)c1ccc(C(=O)O)c(C(=O)O)c1. The molecule has 0 heterocycles. The van der Waals surface area contributed by atoms with Crippen LogP contribution >= 0.6 is 0 Å². The summed E-state index contributed by atoms with van der Waals surface area (Å²) >= 11 is 0. The van der Waals surface area contributed by atoms with Crippen molar-refractivity contribution in [2.45, 2.75) is 6.42 Å². The van der Waals surface area contributed by atoms with Crippen LogP contribution in [-0.4, -0.2) is 50.1 Å². The molecule has 134 valence electrons. The predicted octanol–water partition coefficient (Wildman–Crippen LogP) is 1.31. The van der Waals surface area contributed by atoms with Gasteiger partial charge in [-0.05, 0) is 18.6 Å². The molecule has 9 nitrogen and oxygen atoms in total. The molecule has 0 aromatic heterocycles. The number of carboxylic acid groups (broad SMARTS) is 4. The molecule has 0 radical (unpaired) electrons. The lowest BCUT2D eigenvalue weighted by molar-refractivity contribution is -0.160. The summed E-state index contributed by atoms with van der Waals surface area (Å²) in [6.07, 6.45) is 2.60. The summed E-state index contributed by atoms with van der Waals surface area (Å²) < 4.78 is 0. The first-order valence-corrected chi connectivity index (χ1v) is 7.11. The Labute approximate surface area is 145 Å². The first-order valence-electron chi connectivity index (χ1n) is 7.11. The third-order valence-corrected chi connectivity index (χ3v) is 3.96. The van der Waals surface area contributed by atoms with Crippen molar-refractivity contribution in [3.63, 3.8) is 0 Å². The highest BCUT2D eigenvalue weighted by Gasteiger charge is 2.45. The number of ketones is 1. The molecule has 0 spiro atoms. The quantitative estimate of drug-likeness (QED) is 0.432. The summed E-state index contributed by atoms with van der Waals surface area (Å²) in [4.78, 5) is 57.1. The van der Waals surface area contributed by atoms with E-state index in [1.54, 1.807) is 0 Å². The Hall–Kier alpha value is -3.75. The van der Waals surface area contributed by atoms with E-state index in [1.807, 2.05) is 0 Å². The fourth-order valence-corrected chi connectivity index (χ4v) is 2.43. The fraction of sp³-hybridized carbons (Fsp3) is 0.118. The van der Waals surface area contributed by atoms with E-state index in [1.165, 1.54) is 0 Å². The first kappa shape index (κ1) is 18.6. The highest BCUT2D eigenvalue weighted by atomic mass is 16.4. The zero-order valence-corrected chi connectivity index (χ0v) is 13.0. The van der Waals surface area contributed by atoms with Crippen LogP contribution in [0, 0.1) is 5.41 Å². The van der Waals surface area contributed by atoms with E-state index in [0.29, 0.717) is 0 Å². The van der Waals surface area contributed by atoms with Crippen molar-refractivity contribution in [3.8, 4) is 0 Å². The number of carboxylic acids is 4. The minimum atomic E-state index is -2.18. The number of carbonyl (C=O) groups is 5. The van der Waals surface area contributed by atoms with Gasteiger partial charge in [-0.1, -0.05) is 24.3 Å². The van der Waals surface area contributed by atoms with Gasteiger partial charge < -0.3 is 20.4 Å². The molecule has 9 heteroatoms. The summed E-state index contributed by atoms with van der Waals surface area (Å²) in [6.45, 7) is 0. The summed E-state index contributed by atoms with van der Waals surface area (Å²) in [5, 5.41) is 36.3. The van der Waals surface area contributed by atoms with Gasteiger partial charge in [0, 0.05) is 11.1 Å². The fourth-order valence-electron chi connectivity index (χ4n) is 2.43. The molecule has 26 heavy (non-hydrogen) atoms. The lowest BCUT2D eigenvalue weighted by atomic mass is 9.79. The van der Waals surface area contributed by atoms with Gasteiger partial charge in [-0.3, -0.25) is 14.4 Å². The molecule has 1 aliphatic rings. The Morgan fingerprint density at radius 3 is 1.85 bits per heavy atom. The largest absolute Gasteiger partial charge is 0.480 e. The van der Waals surface area contributed by atoms with E-state index in [2.05, 4.69) is 0 Å². The normalized spacial score (nSPS) is 15.0. The molecular formula is C17H12O9. The van der Waals surface area contributed by atoms with E-state index >= 15 is 0 Å². The van der Waals surface area contributed by atoms with Crippen molar-refractivity contribution < 1.29 is 44.4 Å². The van der Waals surface area contributed by atoms with Gasteiger partial charge in [0.1, 0.15) is 0 Å². The van der Waals surface area contributed by atoms with Crippen molar-refractivity contribution in [3.05, 3.63) is 58.7 Å². The Morgan fingerprint density at radius 2 is 1.42 bits per heavy atom. The number of hydrogen-bond donors (Lipinski definition) is 4. The smallest absolute Gasteiger partial charge is 0.336 e. The zero-order chi connectivity index (χ0) is 19.6. The minimum Gasteiger partial charge on any atom is -0.480 e. The molecule has 1 aromatic rings. The van der Waals surface area contributed by atoms with E-state index in [4.69, 9.17) is 20.4 Å². The molecule has 4 N–H and O–H groups in total. The molecule has 0 aliphatic heterocycles. The van der Waals surface area contributed by atoms with Crippen molar-refractivity contribution in [2.75, 3.05) is 0 Å². The Morgan fingerprint density at radius 1 is 0.846 bits per heavy atom. The van der Waals surface area contributed by atoms with Crippen LogP contribution in [0.4, 0.5) is 0 Å². The number of allylic oxidation sites excluding steroid dienone is 3. The van der Waals surface area contributed by atoms with Gasteiger partial charge in [0.05, 0.1) is 11.1 Å². The Kier molecular flexibility index (Phi) is 4.74. The van der Waals surface area contributed by atoms with Crippen LogP contribution in [0.25, 0.3) is 0 Å². The maximum absolute atomic E-state index is 12.5. The topological polar surface area (TPSA) is 166 Å². The van der Waals surface area contributed by atoms with E-state index in [9.17, 15) is 24.0 Å². The van der Waals surface area contributed by atoms with Crippen LogP contribution in [0.2, 0.25) is 0 Å². The van der Waals surface area contributed by atoms with Crippen molar-refractivity contribution in [1.29, 1.82) is 0 Å². The van der Waals surface area contributed by atoms with Crippen molar-refractivity contribution >= 4 is 29.7 Å². The van der Waals surface area contributed by atoms with Gasteiger partial charge in [0.25, 0.3) is 0 Å². The van der Waals surface area contributed by atoms with Crippen molar-refractivity contribution in [2.24, 2.45) is 5.41 Å². The number of Topliss-reactive ketones (excluding diaryl/α,β-unsaturated/α-hetero) is 1. The van der Waals surface area contributed by atoms with Crippen molar-refractivity contribution in [1.82, 2.24) is 0 Å². The zero-order valence-electron chi connectivity index (χ0n) is 13.0. The third kappa shape index (κ3) is 3.09. The van der Waals surface area contributed by atoms with Crippen LogP contribution in [0.15, 0.2) is 42.0 Å². The number of rotatable bonds is 6. The summed E-state index contributed by atoms with van der Waals surface area (Å²) in [5.41, 5.74) is -3.39. The lowest BCUT2D eigenvalue weighted by Crippen LogP contribution is -2.38. The van der Waals surface area contributed by atoms with Crippen LogP contribution in [0.3, 0.4) is 0 Å². The first-order chi connectivity index (χ1) is 12.1. The van der Waals surface area contributed by atoms with Gasteiger partial charge in [-0.25, -0.2) is 9.59 Å². The summed E-state index contributed by atoms with van der Waals surface area (Å²) in [6, 6.07) is 3.01. The lowest BCUT2D eigenvalue weighted by Gasteiger charge is -2.22. The van der Waals surface area contributed by atoms with Crippen LogP contribution in [-0.2, 0) is 9.59 Å². The van der Waals surface area contributed by atoms with Crippen LogP contribution in [0.1, 0.15) is 37.5 Å². The average Bonchev–Trinajstić information content (AvgIpc) is 2.60. The Bertz CT molecular complexity index is 891. The van der Waals surface area contributed by atoms with E-state index in [0.717, 1.165) is 36.4 Å². The highest BCUT2D eigenvalue weighted by Crippen LogP contribution is 2.32. The van der Waals surface area contributed by atoms with Gasteiger partial charge >= 0.3 is 23.9 Å². The number of benzene rings is 1. The monoisotopic (exact) mass is 360 g/mol. The standard InChI is InChI=1S/C17H12O9/c18-12(8-3-5-17(6-4-8,15(23)24)16(25)26)9-1-2-10(13(19)20)11(7-9)14(21)22/h1-5,7H,6H2,(H,19,20)(H,21,22)(H,23,24)(H,25,26). The second-order valence-corrected chi connectivity index (χ2v) is 5.48. The third-order valence-electron chi connectivity index (χ3n) is 3.96. The van der Waals surface area contributed by atoms with Crippen LogP contribution in [0.5, 0.6) is 0 Å². The van der Waals surface area contributed by atoms with E-state index in [-0.39, 0.29) is 11.1 Å². The summed E-state index contributed by atoms with van der Waals surface area (Å²) in [7, 11) is 0. The molecular weight excluding hydrogens is 348 g/mol. The average molecular weight is 360 g/mol. The molecule has 2 rings (SSSR count). The van der Waals surface area contributed by atoms with Gasteiger partial charge in [0.2, 0.25) is 0 Å². The second kappa shape index (κ2) is 6.63. The predicted molar refractivity (Wildman–Crippen MR) is 84.2 cm³/mol. The molecule has 0 bridgehead atoms. The summed E-state index contributed by atoms with van der Waals surface area (Å²) in [5.74, 6) is -6.84. The van der Waals surface area contributed by atoms with Crippen LogP contribution < -0.4 is 0 Å². The number of aliphatic carboxylic acids is 2. The molecule has 1 aliphatic carbocycles. The number of carbonyl (C=O) groups excluding carboxylic acids is 1. The molecule has 0 saturated carbocycles. The number of hydrogen-bond acceptors (Lipinski definition) is 5. The molecule has 0 fully saturated rings. The highest BCUT2D eigenvalue weighted by molar-refractivity contribution is 6.13. The van der Waals surface area contributed by atoms with Gasteiger partial charge in [-0.2, -0.15) is 0 Å². The molecule has 1 aromatic carbocycles. The maximum Gasteiger partial charge on any atom is 0.336 e.